The molecule has 8 heteroatoms. The summed E-state index contributed by atoms with van der Waals surface area (Å²) in [6.45, 7) is 3.34. The van der Waals surface area contributed by atoms with Gasteiger partial charge in [0.05, 0.1) is 11.1 Å². The number of nitro benzene ring substituents is 1. The van der Waals surface area contributed by atoms with E-state index >= 15 is 0 Å². The van der Waals surface area contributed by atoms with Gasteiger partial charge >= 0.3 is 5.69 Å². The molecule has 8 nitrogen and oxygen atoms in total. The Kier molecular flexibility index (Phi) is 5.39. The fraction of sp³-hybridized carbons (Fsp3) is 0.200. The van der Waals surface area contributed by atoms with Crippen LogP contribution in [-0.2, 0) is 11.8 Å². The van der Waals surface area contributed by atoms with Crippen LogP contribution in [0.2, 0.25) is 0 Å². The minimum Gasteiger partial charge on any atom is -0.477 e. The number of hydrazone groups is 1. The molecule has 1 amide bonds. The number of fused-ring (bicyclic) bond motifs is 1. The molecular weight excluding hydrogens is 360 g/mol. The fourth-order valence-corrected chi connectivity index (χ4v) is 2.95. The number of hydrogen-bond donors (Lipinski definition) is 1. The van der Waals surface area contributed by atoms with Crippen molar-refractivity contribution in [2.24, 2.45) is 12.1 Å². The smallest absolute Gasteiger partial charge is 0.311 e. The molecule has 1 N–H and O–H groups in total. The zero-order chi connectivity index (χ0) is 20.3. The Morgan fingerprint density at radius 2 is 2.04 bits per heavy atom. The van der Waals surface area contributed by atoms with Crippen LogP contribution in [0.15, 0.2) is 47.6 Å². The summed E-state index contributed by atoms with van der Waals surface area (Å²) in [6.07, 6.45) is 1.59. The number of rotatable bonds is 6. The molecule has 0 aliphatic heterocycles. The van der Waals surface area contributed by atoms with Crippen molar-refractivity contribution < 1.29 is 14.5 Å². The number of aryl methyl sites for hydroxylation is 2. The van der Waals surface area contributed by atoms with Gasteiger partial charge < -0.3 is 9.30 Å². The third kappa shape index (κ3) is 3.85. The van der Waals surface area contributed by atoms with Crippen molar-refractivity contribution in [3.63, 3.8) is 0 Å². The van der Waals surface area contributed by atoms with Gasteiger partial charge in [0.15, 0.2) is 12.4 Å². The van der Waals surface area contributed by atoms with Crippen molar-refractivity contribution in [3.8, 4) is 5.75 Å². The number of benzene rings is 2. The van der Waals surface area contributed by atoms with E-state index in [1.54, 1.807) is 19.2 Å². The second-order valence-corrected chi connectivity index (χ2v) is 6.39. The first-order valence-corrected chi connectivity index (χ1v) is 8.62. The summed E-state index contributed by atoms with van der Waals surface area (Å²) in [5.41, 5.74) is 5.95. The van der Waals surface area contributed by atoms with Gasteiger partial charge in [0.2, 0.25) is 0 Å². The highest BCUT2D eigenvalue weighted by molar-refractivity contribution is 6.01. The van der Waals surface area contributed by atoms with Gasteiger partial charge in [-0.1, -0.05) is 24.3 Å². The molecular formula is C20H20N4O4. The van der Waals surface area contributed by atoms with E-state index in [2.05, 4.69) is 15.1 Å². The highest BCUT2D eigenvalue weighted by Gasteiger charge is 2.16. The summed E-state index contributed by atoms with van der Waals surface area (Å²) in [5, 5.41) is 16.1. The molecule has 0 atom stereocenters. The molecule has 3 aromatic rings. The molecule has 3 rings (SSSR count). The molecule has 0 unspecified atom stereocenters. The van der Waals surface area contributed by atoms with Gasteiger partial charge in [-0.2, -0.15) is 5.10 Å². The number of amides is 1. The van der Waals surface area contributed by atoms with Crippen molar-refractivity contribution in [1.82, 2.24) is 9.99 Å². The van der Waals surface area contributed by atoms with E-state index in [4.69, 9.17) is 4.74 Å². The van der Waals surface area contributed by atoms with Crippen LogP contribution in [0.25, 0.3) is 10.9 Å². The number of para-hydroxylation sites is 1. The third-order valence-electron chi connectivity index (χ3n) is 4.50. The second kappa shape index (κ2) is 7.91. The van der Waals surface area contributed by atoms with Gasteiger partial charge in [0.25, 0.3) is 5.91 Å². The second-order valence-electron chi connectivity index (χ2n) is 6.39. The number of carbonyl (C=O) groups excluding carboxylic acids is 1. The zero-order valence-corrected chi connectivity index (χ0v) is 15.8. The quantitative estimate of drug-likeness (QED) is 0.403. The van der Waals surface area contributed by atoms with Gasteiger partial charge in [-0.3, -0.25) is 14.9 Å². The first-order valence-electron chi connectivity index (χ1n) is 8.62. The number of hydrogen-bond acceptors (Lipinski definition) is 5. The van der Waals surface area contributed by atoms with Crippen LogP contribution in [0.4, 0.5) is 5.69 Å². The molecule has 144 valence electrons. The van der Waals surface area contributed by atoms with E-state index in [-0.39, 0.29) is 18.0 Å². The minimum atomic E-state index is -0.540. The molecule has 0 saturated heterocycles. The number of nitrogens with one attached hydrogen (secondary N) is 1. The maximum absolute atomic E-state index is 12.0. The molecule has 0 bridgehead atoms. The molecule has 1 aromatic heterocycles. The molecule has 2 aromatic carbocycles. The fourth-order valence-electron chi connectivity index (χ4n) is 2.95. The summed E-state index contributed by atoms with van der Waals surface area (Å²) in [4.78, 5) is 22.5. The highest BCUT2D eigenvalue weighted by Crippen LogP contribution is 2.27. The SMILES string of the molecule is Cc1ccc(OCC(=O)N/N=C/c2c(C)n(C)c3ccccc23)c([N+](=O)[O-])c1. The van der Waals surface area contributed by atoms with Crippen molar-refractivity contribution in [2.45, 2.75) is 13.8 Å². The predicted molar refractivity (Wildman–Crippen MR) is 107 cm³/mol. The summed E-state index contributed by atoms with van der Waals surface area (Å²) in [5.74, 6) is -0.469. The van der Waals surface area contributed by atoms with Crippen LogP contribution in [0.3, 0.4) is 0 Å². The number of nitro groups is 1. The van der Waals surface area contributed by atoms with Gasteiger partial charge in [0, 0.05) is 35.3 Å². The van der Waals surface area contributed by atoms with E-state index < -0.39 is 10.8 Å². The maximum Gasteiger partial charge on any atom is 0.311 e. The Morgan fingerprint density at radius 3 is 2.79 bits per heavy atom. The lowest BCUT2D eigenvalue weighted by molar-refractivity contribution is -0.385. The van der Waals surface area contributed by atoms with E-state index in [1.165, 1.54) is 12.1 Å². The maximum atomic E-state index is 12.0. The van der Waals surface area contributed by atoms with Gasteiger partial charge in [-0.05, 0) is 31.5 Å². The van der Waals surface area contributed by atoms with Gasteiger partial charge in [-0.15, -0.1) is 0 Å². The molecule has 0 radical (unpaired) electrons. The molecule has 0 aliphatic rings. The minimum absolute atomic E-state index is 0.0413. The Labute approximate surface area is 161 Å². The van der Waals surface area contributed by atoms with Crippen molar-refractivity contribution in [2.75, 3.05) is 6.61 Å². The number of ether oxygens (including phenoxy) is 1. The Bertz CT molecular complexity index is 1090. The van der Waals surface area contributed by atoms with E-state index in [9.17, 15) is 14.9 Å². The number of aromatic nitrogens is 1. The lowest BCUT2D eigenvalue weighted by atomic mass is 10.1. The van der Waals surface area contributed by atoms with Crippen LogP contribution in [-0.4, -0.2) is 28.2 Å². The molecule has 0 fully saturated rings. The predicted octanol–water partition coefficient (Wildman–Crippen LogP) is 3.23. The Balaban J connectivity index is 1.66. The van der Waals surface area contributed by atoms with E-state index in [0.29, 0.717) is 0 Å². The Morgan fingerprint density at radius 1 is 1.29 bits per heavy atom. The third-order valence-corrected chi connectivity index (χ3v) is 4.50. The topological polar surface area (TPSA) is 98.8 Å². The van der Waals surface area contributed by atoms with Crippen LogP contribution < -0.4 is 10.2 Å². The summed E-state index contributed by atoms with van der Waals surface area (Å²) >= 11 is 0. The number of carbonyl (C=O) groups is 1. The molecule has 0 aliphatic carbocycles. The van der Waals surface area contributed by atoms with Crippen LogP contribution in [0.5, 0.6) is 5.75 Å². The average Bonchev–Trinajstić information content (AvgIpc) is 2.92. The average molecular weight is 380 g/mol. The van der Waals surface area contributed by atoms with Crippen molar-refractivity contribution in [1.29, 1.82) is 0 Å². The van der Waals surface area contributed by atoms with Gasteiger partial charge in [0.1, 0.15) is 0 Å². The molecule has 1 heterocycles. The van der Waals surface area contributed by atoms with Crippen molar-refractivity contribution in [3.05, 3.63) is 69.4 Å². The zero-order valence-electron chi connectivity index (χ0n) is 15.8. The van der Waals surface area contributed by atoms with Crippen LogP contribution >= 0.6 is 0 Å². The number of nitrogens with zero attached hydrogens (tertiary/aromatic N) is 3. The monoisotopic (exact) mass is 380 g/mol. The largest absolute Gasteiger partial charge is 0.477 e. The van der Waals surface area contributed by atoms with Crippen molar-refractivity contribution >= 4 is 28.7 Å². The standard InChI is InChI=1S/C20H20N4O4/c1-13-8-9-19(18(10-13)24(26)27)28-12-20(25)22-21-11-16-14(2)23(3)17-7-5-4-6-15(16)17/h4-11H,12H2,1-3H3,(H,22,25)/b21-11+. The first kappa shape index (κ1) is 19.1. The molecule has 28 heavy (non-hydrogen) atoms. The van der Waals surface area contributed by atoms with E-state index in [1.807, 2.05) is 38.2 Å². The lowest BCUT2D eigenvalue weighted by Crippen LogP contribution is -2.24. The summed E-state index contributed by atoms with van der Waals surface area (Å²) in [7, 11) is 1.97. The first-order chi connectivity index (χ1) is 13.4. The summed E-state index contributed by atoms with van der Waals surface area (Å²) in [6, 6.07) is 12.5. The van der Waals surface area contributed by atoms with E-state index in [0.717, 1.165) is 27.7 Å². The highest BCUT2D eigenvalue weighted by atomic mass is 16.6. The van der Waals surface area contributed by atoms with Gasteiger partial charge in [-0.25, -0.2) is 5.43 Å². The molecule has 0 spiro atoms. The molecule has 0 saturated carbocycles. The lowest BCUT2D eigenvalue weighted by Gasteiger charge is -2.06. The van der Waals surface area contributed by atoms with Crippen LogP contribution in [0, 0.1) is 24.0 Å². The summed E-state index contributed by atoms with van der Waals surface area (Å²) < 4.78 is 7.34. The van der Waals surface area contributed by atoms with Crippen LogP contribution in [0.1, 0.15) is 16.8 Å². The normalized spacial score (nSPS) is 11.1. The Hall–Kier alpha value is -3.68.